The Morgan fingerprint density at radius 1 is 1.45 bits per heavy atom. The minimum Gasteiger partial charge on any atom is -0.383 e. The molecule has 1 amide bonds. The molecule has 2 aromatic rings. The van der Waals surface area contributed by atoms with Crippen molar-refractivity contribution >= 4 is 22.5 Å². The number of likely N-dealkylation sites (tertiary alicyclic amines) is 1. The summed E-state index contributed by atoms with van der Waals surface area (Å²) in [4.78, 5) is 18.9. The lowest BCUT2D eigenvalue weighted by Gasteiger charge is -2.23. The van der Waals surface area contributed by atoms with E-state index in [9.17, 15) is 4.79 Å². The summed E-state index contributed by atoms with van der Waals surface area (Å²) in [5.41, 5.74) is 6.44. The van der Waals surface area contributed by atoms with Gasteiger partial charge < -0.3 is 10.6 Å². The highest BCUT2D eigenvalue weighted by Crippen LogP contribution is 2.25. The number of nitrogen functional groups attached to an aromatic ring is 1. The molecule has 20 heavy (non-hydrogen) atoms. The maximum atomic E-state index is 12.6. The number of nitrogens with zero attached hydrogens (tertiary/aromatic N) is 2. The molecule has 3 rings (SSSR count). The Hall–Kier alpha value is -2.10. The Morgan fingerprint density at radius 2 is 2.25 bits per heavy atom. The Bertz CT molecular complexity index is 653. The van der Waals surface area contributed by atoms with Gasteiger partial charge in [0, 0.05) is 18.0 Å². The number of hydrogen-bond acceptors (Lipinski definition) is 3. The van der Waals surface area contributed by atoms with Gasteiger partial charge in [0.05, 0.1) is 0 Å². The lowest BCUT2D eigenvalue weighted by Crippen LogP contribution is -2.35. The van der Waals surface area contributed by atoms with Crippen LogP contribution >= 0.6 is 0 Å². The van der Waals surface area contributed by atoms with Crippen molar-refractivity contribution in [3.05, 3.63) is 36.0 Å². The molecule has 4 heteroatoms. The van der Waals surface area contributed by atoms with Gasteiger partial charge in [-0.1, -0.05) is 31.2 Å². The van der Waals surface area contributed by atoms with E-state index in [2.05, 4.69) is 11.9 Å². The van der Waals surface area contributed by atoms with Crippen LogP contribution in [0.1, 0.15) is 36.7 Å². The average molecular weight is 269 g/mol. The quantitative estimate of drug-likeness (QED) is 0.912. The van der Waals surface area contributed by atoms with Gasteiger partial charge in [0.25, 0.3) is 5.91 Å². The van der Waals surface area contributed by atoms with E-state index in [-0.39, 0.29) is 5.91 Å². The molecule has 1 aromatic heterocycles. The number of fused-ring (bicyclic) bond motifs is 1. The summed E-state index contributed by atoms with van der Waals surface area (Å²) in [5.74, 6) is 0.436. The molecule has 1 aliphatic rings. The van der Waals surface area contributed by atoms with Gasteiger partial charge in [-0.3, -0.25) is 4.79 Å². The van der Waals surface area contributed by atoms with Crippen LogP contribution in [0.5, 0.6) is 0 Å². The van der Waals surface area contributed by atoms with Crippen LogP contribution in [-0.4, -0.2) is 28.4 Å². The first kappa shape index (κ1) is 12.9. The normalized spacial score (nSPS) is 18.6. The molecule has 1 fully saturated rings. The standard InChI is InChI=1S/C16H19N3O/c1-2-12-7-5-9-19(12)16(20)14-10-11-6-3-4-8-13(11)15(17)18-14/h3-4,6,8,10,12H,2,5,7,9H2,1H3,(H2,17,18). The molecule has 1 unspecified atom stereocenters. The highest BCUT2D eigenvalue weighted by atomic mass is 16.2. The number of rotatable bonds is 2. The number of carbonyl (C=O) groups excluding carboxylic acids is 1. The van der Waals surface area contributed by atoms with E-state index >= 15 is 0 Å². The number of aromatic nitrogens is 1. The summed E-state index contributed by atoms with van der Waals surface area (Å²) in [7, 11) is 0. The van der Waals surface area contributed by atoms with E-state index < -0.39 is 0 Å². The molecule has 2 heterocycles. The third kappa shape index (κ3) is 2.11. The van der Waals surface area contributed by atoms with Gasteiger partial charge in [-0.05, 0) is 30.7 Å². The van der Waals surface area contributed by atoms with Crippen molar-refractivity contribution in [1.82, 2.24) is 9.88 Å². The van der Waals surface area contributed by atoms with Crippen molar-refractivity contribution in [2.45, 2.75) is 32.2 Å². The number of hydrogen-bond donors (Lipinski definition) is 1. The molecular weight excluding hydrogens is 250 g/mol. The molecule has 104 valence electrons. The van der Waals surface area contributed by atoms with Gasteiger partial charge in [-0.25, -0.2) is 4.98 Å². The zero-order valence-corrected chi connectivity index (χ0v) is 11.7. The predicted octanol–water partition coefficient (Wildman–Crippen LogP) is 2.83. The number of carbonyl (C=O) groups is 1. The van der Waals surface area contributed by atoms with Crippen LogP contribution < -0.4 is 5.73 Å². The van der Waals surface area contributed by atoms with Crippen molar-refractivity contribution in [2.75, 3.05) is 12.3 Å². The Kier molecular flexibility index (Phi) is 3.30. The van der Waals surface area contributed by atoms with E-state index in [4.69, 9.17) is 5.73 Å². The third-order valence-corrected chi connectivity index (χ3v) is 4.10. The summed E-state index contributed by atoms with van der Waals surface area (Å²) in [5, 5.41) is 1.87. The molecule has 2 N–H and O–H groups in total. The number of pyridine rings is 1. The first-order valence-corrected chi connectivity index (χ1v) is 7.17. The van der Waals surface area contributed by atoms with Gasteiger partial charge in [-0.2, -0.15) is 0 Å². The van der Waals surface area contributed by atoms with Gasteiger partial charge in [0.2, 0.25) is 0 Å². The monoisotopic (exact) mass is 269 g/mol. The zero-order chi connectivity index (χ0) is 14.1. The van der Waals surface area contributed by atoms with Gasteiger partial charge in [-0.15, -0.1) is 0 Å². The summed E-state index contributed by atoms with van der Waals surface area (Å²) in [6.07, 6.45) is 3.16. The zero-order valence-electron chi connectivity index (χ0n) is 11.7. The van der Waals surface area contributed by atoms with E-state index in [1.54, 1.807) is 0 Å². The molecule has 1 aromatic carbocycles. The van der Waals surface area contributed by atoms with E-state index in [1.165, 1.54) is 0 Å². The molecule has 0 spiro atoms. The van der Waals surface area contributed by atoms with Crippen molar-refractivity contribution in [3.8, 4) is 0 Å². The van der Waals surface area contributed by atoms with E-state index in [1.807, 2.05) is 35.2 Å². The molecule has 0 aliphatic carbocycles. The smallest absolute Gasteiger partial charge is 0.272 e. The van der Waals surface area contributed by atoms with Crippen LogP contribution in [0.3, 0.4) is 0 Å². The van der Waals surface area contributed by atoms with Crippen molar-refractivity contribution in [3.63, 3.8) is 0 Å². The Labute approximate surface area is 118 Å². The summed E-state index contributed by atoms with van der Waals surface area (Å²) in [6, 6.07) is 9.95. The maximum Gasteiger partial charge on any atom is 0.272 e. The fourth-order valence-electron chi connectivity index (χ4n) is 3.01. The second-order valence-corrected chi connectivity index (χ2v) is 5.32. The molecule has 1 atom stereocenters. The number of benzene rings is 1. The minimum absolute atomic E-state index is 0.00630. The van der Waals surface area contributed by atoms with Crippen LogP contribution in [0.15, 0.2) is 30.3 Å². The topological polar surface area (TPSA) is 59.2 Å². The first-order chi connectivity index (χ1) is 9.70. The number of amides is 1. The number of nitrogens with two attached hydrogens (primary N) is 1. The van der Waals surface area contributed by atoms with Crippen LogP contribution in [0.2, 0.25) is 0 Å². The van der Waals surface area contributed by atoms with Crippen LogP contribution in [0.4, 0.5) is 5.82 Å². The molecule has 1 saturated heterocycles. The fourth-order valence-corrected chi connectivity index (χ4v) is 3.01. The van der Waals surface area contributed by atoms with Crippen molar-refractivity contribution < 1.29 is 4.79 Å². The van der Waals surface area contributed by atoms with Gasteiger partial charge in [0.1, 0.15) is 11.5 Å². The van der Waals surface area contributed by atoms with E-state index in [0.29, 0.717) is 17.6 Å². The molecule has 0 radical (unpaired) electrons. The van der Waals surface area contributed by atoms with Gasteiger partial charge >= 0.3 is 0 Å². The van der Waals surface area contributed by atoms with E-state index in [0.717, 1.165) is 36.6 Å². The summed E-state index contributed by atoms with van der Waals surface area (Å²) < 4.78 is 0. The van der Waals surface area contributed by atoms with Gasteiger partial charge in [0.15, 0.2) is 0 Å². The van der Waals surface area contributed by atoms with Crippen LogP contribution in [0.25, 0.3) is 10.8 Å². The highest BCUT2D eigenvalue weighted by molar-refractivity contribution is 6.00. The minimum atomic E-state index is 0.00630. The predicted molar refractivity (Wildman–Crippen MR) is 80.5 cm³/mol. The third-order valence-electron chi connectivity index (χ3n) is 4.10. The lowest BCUT2D eigenvalue weighted by atomic mass is 10.1. The Morgan fingerprint density at radius 3 is 3.05 bits per heavy atom. The SMILES string of the molecule is CCC1CCCN1C(=O)c1cc2ccccc2c(N)n1. The summed E-state index contributed by atoms with van der Waals surface area (Å²) in [6.45, 7) is 2.95. The molecular formula is C16H19N3O. The molecule has 1 aliphatic heterocycles. The van der Waals surface area contributed by atoms with Crippen LogP contribution in [0, 0.1) is 0 Å². The van der Waals surface area contributed by atoms with Crippen molar-refractivity contribution in [1.29, 1.82) is 0 Å². The first-order valence-electron chi connectivity index (χ1n) is 7.17. The molecule has 0 saturated carbocycles. The average Bonchev–Trinajstić information content (AvgIpc) is 2.95. The highest BCUT2D eigenvalue weighted by Gasteiger charge is 2.29. The van der Waals surface area contributed by atoms with Crippen molar-refractivity contribution in [2.24, 2.45) is 0 Å². The molecule has 4 nitrogen and oxygen atoms in total. The maximum absolute atomic E-state index is 12.6. The molecule has 0 bridgehead atoms. The van der Waals surface area contributed by atoms with Crippen LogP contribution in [-0.2, 0) is 0 Å². The fraction of sp³-hybridized carbons (Fsp3) is 0.375. The largest absolute Gasteiger partial charge is 0.383 e. The lowest BCUT2D eigenvalue weighted by molar-refractivity contribution is 0.0728. The second-order valence-electron chi connectivity index (χ2n) is 5.32. The Balaban J connectivity index is 1.99. The second kappa shape index (κ2) is 5.12. The summed E-state index contributed by atoms with van der Waals surface area (Å²) >= 11 is 0. The number of anilines is 1.